The molecule has 2 N–H and O–H groups in total. The van der Waals surface area contributed by atoms with Crippen molar-refractivity contribution in [3.05, 3.63) is 77.4 Å². The number of rotatable bonds is 9. The molecule has 0 atom stereocenters. The number of carbonyl (C=O) groups is 2. The van der Waals surface area contributed by atoms with Crippen molar-refractivity contribution in [3.63, 3.8) is 0 Å². The van der Waals surface area contributed by atoms with Crippen LogP contribution in [-0.4, -0.2) is 49.6 Å². The van der Waals surface area contributed by atoms with Gasteiger partial charge in [-0.25, -0.2) is 0 Å². The summed E-state index contributed by atoms with van der Waals surface area (Å²) in [7, 11) is 0. The van der Waals surface area contributed by atoms with Gasteiger partial charge < -0.3 is 20.1 Å². The molecule has 3 aromatic rings. The Labute approximate surface area is 236 Å². The third-order valence-electron chi connectivity index (χ3n) is 8.15. The van der Waals surface area contributed by atoms with Crippen molar-refractivity contribution in [2.45, 2.75) is 46.6 Å². The van der Waals surface area contributed by atoms with E-state index in [1.54, 1.807) is 18.2 Å². The Hall–Kier alpha value is -3.84. The zero-order valence-electron chi connectivity index (χ0n) is 23.7. The highest BCUT2D eigenvalue weighted by Crippen LogP contribution is 2.44. The molecule has 0 radical (unpaired) electrons. The highest BCUT2D eigenvalue weighted by molar-refractivity contribution is 5.99. The molecule has 2 amide bonds. The van der Waals surface area contributed by atoms with Gasteiger partial charge in [-0.15, -0.1) is 0 Å². The maximum Gasteiger partial charge on any atom is 0.248 e. The maximum absolute atomic E-state index is 13.0. The van der Waals surface area contributed by atoms with Crippen LogP contribution < -0.4 is 20.1 Å². The van der Waals surface area contributed by atoms with E-state index < -0.39 is 5.91 Å². The van der Waals surface area contributed by atoms with E-state index in [0.717, 1.165) is 66.4 Å². The van der Waals surface area contributed by atoms with Crippen molar-refractivity contribution in [1.29, 1.82) is 0 Å². The van der Waals surface area contributed by atoms with Crippen LogP contribution in [-0.2, 0) is 11.3 Å². The average Bonchev–Trinajstić information content (AvgIpc) is 3.27. The first-order valence-electron chi connectivity index (χ1n) is 14.2. The van der Waals surface area contributed by atoms with Gasteiger partial charge in [0.2, 0.25) is 11.8 Å². The number of primary amides is 1. The van der Waals surface area contributed by atoms with E-state index in [1.807, 2.05) is 24.8 Å². The zero-order valence-corrected chi connectivity index (χ0v) is 23.7. The predicted octanol–water partition coefficient (Wildman–Crippen LogP) is 5.58. The fourth-order valence-corrected chi connectivity index (χ4v) is 6.02. The molecule has 0 bridgehead atoms. The Bertz CT molecular complexity index is 1350. The first-order valence-corrected chi connectivity index (χ1v) is 14.2. The lowest BCUT2D eigenvalue weighted by Gasteiger charge is -2.39. The number of amides is 2. The van der Waals surface area contributed by atoms with Crippen LogP contribution in [0.15, 0.2) is 60.7 Å². The Morgan fingerprint density at radius 2 is 1.60 bits per heavy atom. The average molecular weight is 542 g/mol. The molecule has 1 spiro atoms. The fourth-order valence-electron chi connectivity index (χ4n) is 6.02. The second kappa shape index (κ2) is 11.7. The first-order chi connectivity index (χ1) is 19.3. The van der Waals surface area contributed by atoms with Gasteiger partial charge in [-0.05, 0) is 93.6 Å². The van der Waals surface area contributed by atoms with E-state index in [1.165, 1.54) is 5.56 Å². The third kappa shape index (κ3) is 5.85. The highest BCUT2D eigenvalue weighted by Gasteiger charge is 2.45. The summed E-state index contributed by atoms with van der Waals surface area (Å²) in [6.45, 7) is 10.5. The van der Waals surface area contributed by atoms with E-state index in [9.17, 15) is 9.59 Å². The number of piperidine rings is 1. The summed E-state index contributed by atoms with van der Waals surface area (Å²) in [5.74, 6) is 1.32. The topological polar surface area (TPSA) is 85.1 Å². The lowest BCUT2D eigenvalue weighted by atomic mass is 9.77. The van der Waals surface area contributed by atoms with E-state index >= 15 is 0 Å². The van der Waals surface area contributed by atoms with Gasteiger partial charge in [-0.1, -0.05) is 35.9 Å². The molecular weight excluding hydrogens is 502 g/mol. The quantitative estimate of drug-likeness (QED) is 0.382. The summed E-state index contributed by atoms with van der Waals surface area (Å²) in [6, 6.07) is 19.8. The van der Waals surface area contributed by atoms with E-state index in [2.05, 4.69) is 48.2 Å². The standard InChI is InChI=1S/C33H39N3O4/c1-4-39-28-17-24(18-29(40-5-2)31(28)25-11-9-23(3)10-12-25)21-35-15-13-33(14-16-35)20-30(37)36(22-33)27-8-6-7-26(19-27)32(34)38/h6-12,17-19H,4-5,13-16,20-22H2,1-3H3,(H2,34,38). The molecular formula is C33H39N3O4. The Balaban J connectivity index is 1.30. The minimum Gasteiger partial charge on any atom is -0.493 e. The molecule has 7 heteroatoms. The minimum absolute atomic E-state index is 0.0431. The molecule has 7 nitrogen and oxygen atoms in total. The molecule has 210 valence electrons. The molecule has 0 saturated carbocycles. The Kier molecular flexibility index (Phi) is 8.12. The molecule has 0 aliphatic carbocycles. The van der Waals surface area contributed by atoms with Crippen LogP contribution in [0.1, 0.15) is 54.6 Å². The zero-order chi connectivity index (χ0) is 28.3. The molecule has 2 heterocycles. The normalized spacial score (nSPS) is 16.9. The lowest BCUT2D eigenvalue weighted by molar-refractivity contribution is -0.118. The van der Waals surface area contributed by atoms with Gasteiger partial charge in [0.1, 0.15) is 11.5 Å². The maximum atomic E-state index is 13.0. The van der Waals surface area contributed by atoms with Gasteiger partial charge in [0.15, 0.2) is 0 Å². The van der Waals surface area contributed by atoms with Crippen molar-refractivity contribution < 1.29 is 19.1 Å². The van der Waals surface area contributed by atoms with Crippen LogP contribution in [0, 0.1) is 12.3 Å². The van der Waals surface area contributed by atoms with Crippen molar-refractivity contribution in [2.24, 2.45) is 11.1 Å². The smallest absolute Gasteiger partial charge is 0.248 e. The van der Waals surface area contributed by atoms with Crippen molar-refractivity contribution in [1.82, 2.24) is 4.90 Å². The van der Waals surface area contributed by atoms with Gasteiger partial charge in [-0.2, -0.15) is 0 Å². The summed E-state index contributed by atoms with van der Waals surface area (Å²) in [4.78, 5) is 29.0. The number of ether oxygens (including phenoxy) is 2. The van der Waals surface area contributed by atoms with Crippen molar-refractivity contribution >= 4 is 17.5 Å². The minimum atomic E-state index is -0.483. The molecule has 2 saturated heterocycles. The number of hydrogen-bond donors (Lipinski definition) is 1. The Morgan fingerprint density at radius 3 is 2.20 bits per heavy atom. The van der Waals surface area contributed by atoms with Crippen LogP contribution >= 0.6 is 0 Å². The number of anilines is 1. The van der Waals surface area contributed by atoms with Crippen LogP contribution in [0.4, 0.5) is 5.69 Å². The van der Waals surface area contributed by atoms with Gasteiger partial charge >= 0.3 is 0 Å². The summed E-state index contributed by atoms with van der Waals surface area (Å²) >= 11 is 0. The highest BCUT2D eigenvalue weighted by atomic mass is 16.5. The molecule has 0 aromatic heterocycles. The molecule has 2 aliphatic rings. The summed E-state index contributed by atoms with van der Waals surface area (Å²) in [5, 5.41) is 0. The predicted molar refractivity (Wildman–Crippen MR) is 158 cm³/mol. The van der Waals surface area contributed by atoms with E-state index in [-0.39, 0.29) is 11.3 Å². The number of benzene rings is 3. The van der Waals surface area contributed by atoms with E-state index in [4.69, 9.17) is 15.2 Å². The molecule has 5 rings (SSSR count). The number of hydrogen-bond acceptors (Lipinski definition) is 5. The van der Waals surface area contributed by atoms with Crippen LogP contribution in [0.5, 0.6) is 11.5 Å². The molecule has 3 aromatic carbocycles. The van der Waals surface area contributed by atoms with E-state index in [0.29, 0.717) is 31.7 Å². The number of carbonyl (C=O) groups excluding carboxylic acids is 2. The summed E-state index contributed by atoms with van der Waals surface area (Å²) < 4.78 is 12.3. The SMILES string of the molecule is CCOc1cc(CN2CCC3(CC2)CC(=O)N(c2cccc(C(N)=O)c2)C3)cc(OCC)c1-c1ccc(C)cc1. The number of likely N-dealkylation sites (tertiary alicyclic amines) is 1. The van der Waals surface area contributed by atoms with Crippen LogP contribution in [0.25, 0.3) is 11.1 Å². The van der Waals surface area contributed by atoms with Crippen molar-refractivity contribution in [2.75, 3.05) is 37.7 Å². The second-order valence-electron chi connectivity index (χ2n) is 11.0. The van der Waals surface area contributed by atoms with Crippen molar-refractivity contribution in [3.8, 4) is 22.6 Å². The summed E-state index contributed by atoms with van der Waals surface area (Å²) in [5.41, 5.74) is 11.0. The largest absolute Gasteiger partial charge is 0.493 e. The Morgan fingerprint density at radius 1 is 0.950 bits per heavy atom. The van der Waals surface area contributed by atoms with Gasteiger partial charge in [0, 0.05) is 30.8 Å². The molecule has 0 unspecified atom stereocenters. The summed E-state index contributed by atoms with van der Waals surface area (Å²) in [6.07, 6.45) is 2.43. The second-order valence-corrected chi connectivity index (χ2v) is 11.0. The number of nitrogens with zero attached hydrogens (tertiary/aromatic N) is 2. The lowest BCUT2D eigenvalue weighted by Crippen LogP contribution is -2.41. The molecule has 2 fully saturated rings. The first kappa shape index (κ1) is 27.7. The van der Waals surface area contributed by atoms with Gasteiger partial charge in [-0.3, -0.25) is 14.5 Å². The molecule has 40 heavy (non-hydrogen) atoms. The van der Waals surface area contributed by atoms with Crippen LogP contribution in [0.2, 0.25) is 0 Å². The number of nitrogens with two attached hydrogens (primary N) is 1. The van der Waals surface area contributed by atoms with Gasteiger partial charge in [0.25, 0.3) is 0 Å². The number of aryl methyl sites for hydroxylation is 1. The van der Waals surface area contributed by atoms with Gasteiger partial charge in [0.05, 0.1) is 18.8 Å². The monoisotopic (exact) mass is 541 g/mol. The fraction of sp³-hybridized carbons (Fsp3) is 0.394. The third-order valence-corrected chi connectivity index (χ3v) is 8.15. The molecule has 2 aliphatic heterocycles. The van der Waals surface area contributed by atoms with Crippen LogP contribution in [0.3, 0.4) is 0 Å².